The zero-order valence-corrected chi connectivity index (χ0v) is 17.4. The molecule has 0 spiro atoms. The molecular weight excluding hydrogens is 400 g/mol. The number of nitrogens with zero attached hydrogens (tertiary/aromatic N) is 2. The molecule has 0 radical (unpaired) electrons. The molecule has 0 saturated carbocycles. The number of sulfonamides is 1. The van der Waals surface area contributed by atoms with Crippen molar-refractivity contribution in [2.45, 2.75) is 6.42 Å². The number of carbonyl (C=O) groups is 1. The first-order valence-electron chi connectivity index (χ1n) is 9.97. The molecule has 156 valence electrons. The Bertz CT molecular complexity index is 1070. The molecular formula is C23H24N2O4S. The van der Waals surface area contributed by atoms with Crippen LogP contribution in [0.15, 0.2) is 60.0 Å². The van der Waals surface area contributed by atoms with Gasteiger partial charge in [-0.3, -0.25) is 4.79 Å². The summed E-state index contributed by atoms with van der Waals surface area (Å²) < 4.78 is 32.0. The van der Waals surface area contributed by atoms with Crippen molar-refractivity contribution in [3.05, 3.63) is 76.7 Å². The molecule has 30 heavy (non-hydrogen) atoms. The fourth-order valence-electron chi connectivity index (χ4n) is 3.56. The van der Waals surface area contributed by atoms with E-state index in [1.807, 2.05) is 48.5 Å². The first-order valence-corrected chi connectivity index (χ1v) is 11.5. The monoisotopic (exact) mass is 424 g/mol. The lowest BCUT2D eigenvalue weighted by atomic mass is 10.1. The Kier molecular flexibility index (Phi) is 6.01. The van der Waals surface area contributed by atoms with Gasteiger partial charge in [0.25, 0.3) is 0 Å². The van der Waals surface area contributed by atoms with Crippen molar-refractivity contribution in [3.63, 3.8) is 0 Å². The summed E-state index contributed by atoms with van der Waals surface area (Å²) in [5, 5.41) is 1.23. The lowest BCUT2D eigenvalue weighted by Crippen LogP contribution is -2.49. The third kappa shape index (κ3) is 4.80. The zero-order chi connectivity index (χ0) is 21.0. The van der Waals surface area contributed by atoms with E-state index >= 15 is 0 Å². The number of benzene rings is 2. The standard InChI is InChI=1S/C23H24N2O4S/c26-23(9-7-20-6-8-22-21(18-20)10-16-29-22)24-12-14-25(15-13-24)30(27,28)17-11-19-4-2-1-3-5-19/h1-9,11,17-18H,10,12-16H2/b9-7+,17-11+. The van der Waals surface area contributed by atoms with Crippen LogP contribution in [0.3, 0.4) is 0 Å². The van der Waals surface area contributed by atoms with Gasteiger partial charge in [0.15, 0.2) is 0 Å². The van der Waals surface area contributed by atoms with Crippen LogP contribution in [0.2, 0.25) is 0 Å². The van der Waals surface area contributed by atoms with Crippen LogP contribution in [0.25, 0.3) is 12.2 Å². The van der Waals surface area contributed by atoms with Crippen molar-refractivity contribution in [2.75, 3.05) is 32.8 Å². The number of hydrogen-bond acceptors (Lipinski definition) is 4. The van der Waals surface area contributed by atoms with Gasteiger partial charge in [-0.1, -0.05) is 36.4 Å². The first kappa shape index (κ1) is 20.4. The fraction of sp³-hybridized carbons (Fsp3) is 0.261. The molecule has 1 fully saturated rings. The maximum atomic E-state index is 12.6. The third-order valence-electron chi connectivity index (χ3n) is 5.27. The number of hydrogen-bond donors (Lipinski definition) is 0. The summed E-state index contributed by atoms with van der Waals surface area (Å²) in [6.45, 7) is 2.03. The average molecular weight is 425 g/mol. The summed E-state index contributed by atoms with van der Waals surface area (Å²) >= 11 is 0. The Balaban J connectivity index is 1.32. The Morgan fingerprint density at radius 3 is 2.47 bits per heavy atom. The number of fused-ring (bicyclic) bond motifs is 1. The molecule has 0 N–H and O–H groups in total. The lowest BCUT2D eigenvalue weighted by Gasteiger charge is -2.32. The molecule has 2 aliphatic rings. The summed E-state index contributed by atoms with van der Waals surface area (Å²) in [6.07, 6.45) is 5.83. The minimum absolute atomic E-state index is 0.108. The van der Waals surface area contributed by atoms with Gasteiger partial charge in [0.1, 0.15) is 5.75 Å². The number of carbonyl (C=O) groups excluding carboxylic acids is 1. The minimum atomic E-state index is -3.51. The molecule has 0 aromatic heterocycles. The molecule has 6 nitrogen and oxygen atoms in total. The van der Waals surface area contributed by atoms with Crippen molar-refractivity contribution in [1.82, 2.24) is 9.21 Å². The highest BCUT2D eigenvalue weighted by molar-refractivity contribution is 7.92. The van der Waals surface area contributed by atoms with E-state index in [2.05, 4.69) is 0 Å². The quantitative estimate of drug-likeness (QED) is 0.693. The van der Waals surface area contributed by atoms with Crippen LogP contribution in [0.5, 0.6) is 5.75 Å². The van der Waals surface area contributed by atoms with Crippen molar-refractivity contribution >= 4 is 28.1 Å². The molecule has 2 aromatic rings. The predicted octanol–water partition coefficient (Wildman–Crippen LogP) is 2.78. The molecule has 0 bridgehead atoms. The van der Waals surface area contributed by atoms with E-state index < -0.39 is 10.0 Å². The summed E-state index contributed by atoms with van der Waals surface area (Å²) in [5.74, 6) is 0.806. The summed E-state index contributed by atoms with van der Waals surface area (Å²) in [7, 11) is -3.51. The lowest BCUT2D eigenvalue weighted by molar-refractivity contribution is -0.127. The zero-order valence-electron chi connectivity index (χ0n) is 16.6. The molecule has 0 unspecified atom stereocenters. The van der Waals surface area contributed by atoms with Gasteiger partial charge in [0.05, 0.1) is 6.61 Å². The number of rotatable bonds is 5. The number of piperazine rings is 1. The Hall–Kier alpha value is -2.90. The van der Waals surface area contributed by atoms with E-state index in [1.165, 1.54) is 9.71 Å². The van der Waals surface area contributed by atoms with E-state index in [0.717, 1.165) is 28.9 Å². The first-order chi connectivity index (χ1) is 14.5. The van der Waals surface area contributed by atoms with Crippen LogP contribution >= 0.6 is 0 Å². The molecule has 2 heterocycles. The Morgan fingerprint density at radius 1 is 0.933 bits per heavy atom. The van der Waals surface area contributed by atoms with Gasteiger partial charge in [-0.2, -0.15) is 4.31 Å². The van der Waals surface area contributed by atoms with E-state index in [9.17, 15) is 13.2 Å². The van der Waals surface area contributed by atoms with Crippen LogP contribution in [-0.4, -0.2) is 56.3 Å². The number of ether oxygens (including phenoxy) is 1. The highest BCUT2D eigenvalue weighted by atomic mass is 32.2. The van der Waals surface area contributed by atoms with Gasteiger partial charge in [0.2, 0.25) is 15.9 Å². The van der Waals surface area contributed by atoms with E-state index in [0.29, 0.717) is 19.7 Å². The maximum absolute atomic E-state index is 12.6. The van der Waals surface area contributed by atoms with Crippen molar-refractivity contribution in [3.8, 4) is 5.75 Å². The second-order valence-electron chi connectivity index (χ2n) is 7.28. The summed E-state index contributed by atoms with van der Waals surface area (Å²) in [6, 6.07) is 15.2. The highest BCUT2D eigenvalue weighted by Crippen LogP contribution is 2.26. The van der Waals surface area contributed by atoms with Gasteiger partial charge in [-0.15, -0.1) is 0 Å². The molecule has 1 amide bonds. The van der Waals surface area contributed by atoms with Gasteiger partial charge >= 0.3 is 0 Å². The van der Waals surface area contributed by atoms with E-state index in [1.54, 1.807) is 23.1 Å². The van der Waals surface area contributed by atoms with Crippen molar-refractivity contribution in [1.29, 1.82) is 0 Å². The molecule has 7 heteroatoms. The smallest absolute Gasteiger partial charge is 0.246 e. The normalized spacial score (nSPS) is 17.4. The molecule has 2 aliphatic heterocycles. The minimum Gasteiger partial charge on any atom is -0.493 e. The second kappa shape index (κ2) is 8.85. The fourth-order valence-corrected chi connectivity index (χ4v) is 4.73. The molecule has 2 aromatic carbocycles. The van der Waals surface area contributed by atoms with Crippen LogP contribution in [0, 0.1) is 0 Å². The summed E-state index contributed by atoms with van der Waals surface area (Å²) in [5.41, 5.74) is 2.95. The second-order valence-corrected chi connectivity index (χ2v) is 9.10. The largest absolute Gasteiger partial charge is 0.493 e. The maximum Gasteiger partial charge on any atom is 0.246 e. The number of amides is 1. The highest BCUT2D eigenvalue weighted by Gasteiger charge is 2.26. The van der Waals surface area contributed by atoms with Crippen molar-refractivity contribution in [2.24, 2.45) is 0 Å². The van der Waals surface area contributed by atoms with Gasteiger partial charge in [0, 0.05) is 44.1 Å². The molecule has 1 saturated heterocycles. The van der Waals surface area contributed by atoms with Gasteiger partial charge in [-0.05, 0) is 41.0 Å². The van der Waals surface area contributed by atoms with Gasteiger partial charge in [-0.25, -0.2) is 8.42 Å². The van der Waals surface area contributed by atoms with Crippen LogP contribution in [0.1, 0.15) is 16.7 Å². The predicted molar refractivity (Wildman–Crippen MR) is 117 cm³/mol. The summed E-state index contributed by atoms with van der Waals surface area (Å²) in [4.78, 5) is 14.2. The van der Waals surface area contributed by atoms with Crippen molar-refractivity contribution < 1.29 is 17.9 Å². The average Bonchev–Trinajstić information content (AvgIpc) is 3.25. The molecule has 0 aliphatic carbocycles. The van der Waals surface area contributed by atoms with Crippen LogP contribution in [0.4, 0.5) is 0 Å². The van der Waals surface area contributed by atoms with Gasteiger partial charge < -0.3 is 9.64 Å². The Labute approximate surface area is 177 Å². The third-order valence-corrected chi connectivity index (χ3v) is 6.84. The van der Waals surface area contributed by atoms with Crippen LogP contribution in [-0.2, 0) is 21.2 Å². The topological polar surface area (TPSA) is 66.9 Å². The molecule has 0 atom stereocenters. The van der Waals surface area contributed by atoms with E-state index in [4.69, 9.17) is 4.74 Å². The molecule has 4 rings (SSSR count). The SMILES string of the molecule is O=C(/C=C/c1ccc2c(c1)CCO2)N1CCN(S(=O)(=O)/C=C/c2ccccc2)CC1. The van der Waals surface area contributed by atoms with Crippen LogP contribution < -0.4 is 4.74 Å². The van der Waals surface area contributed by atoms with E-state index in [-0.39, 0.29) is 19.0 Å². The Morgan fingerprint density at radius 2 is 1.70 bits per heavy atom.